The van der Waals surface area contributed by atoms with E-state index < -0.39 is 0 Å². The molecule has 0 spiro atoms. The normalized spacial score (nSPS) is 10.9. The molecule has 0 amide bonds. The lowest BCUT2D eigenvalue weighted by molar-refractivity contribution is 1.52. The van der Waals surface area contributed by atoms with Crippen molar-refractivity contribution < 1.29 is 0 Å². The first-order chi connectivity index (χ1) is 5.70. The van der Waals surface area contributed by atoms with E-state index in [4.69, 9.17) is 11.6 Å². The van der Waals surface area contributed by atoms with Crippen LogP contribution in [0.3, 0.4) is 0 Å². The second-order valence-electron chi connectivity index (χ2n) is 2.65. The number of aryl methyl sites for hydroxylation is 1. The van der Waals surface area contributed by atoms with Gasteiger partial charge < -0.3 is 0 Å². The van der Waals surface area contributed by atoms with Crippen molar-refractivity contribution in [3.05, 3.63) is 31.7 Å². The maximum absolute atomic E-state index is 6.14. The van der Waals surface area contributed by atoms with Crippen LogP contribution >= 0.6 is 45.5 Å². The van der Waals surface area contributed by atoms with Crippen LogP contribution in [-0.4, -0.2) is 0 Å². The number of halogens is 2. The van der Waals surface area contributed by atoms with E-state index in [2.05, 4.69) is 47.0 Å². The van der Waals surface area contributed by atoms with E-state index in [1.165, 1.54) is 15.6 Å². The molecule has 0 aliphatic carbocycles. The zero-order valence-corrected chi connectivity index (χ0v) is 10.1. The van der Waals surface area contributed by atoms with Gasteiger partial charge in [-0.15, -0.1) is 11.3 Å². The third kappa shape index (κ3) is 1.26. The van der Waals surface area contributed by atoms with Gasteiger partial charge in [-0.05, 0) is 58.0 Å². The summed E-state index contributed by atoms with van der Waals surface area (Å²) >= 11 is 10.1. The monoisotopic (exact) mass is 308 g/mol. The van der Waals surface area contributed by atoms with Gasteiger partial charge in [-0.1, -0.05) is 11.6 Å². The van der Waals surface area contributed by atoms with Crippen molar-refractivity contribution in [2.75, 3.05) is 0 Å². The molecule has 0 saturated heterocycles. The molecule has 1 heterocycles. The van der Waals surface area contributed by atoms with Gasteiger partial charge in [-0.3, -0.25) is 0 Å². The fraction of sp³-hybridized carbons (Fsp3) is 0.111. The molecule has 62 valence electrons. The van der Waals surface area contributed by atoms with Crippen LogP contribution in [0.25, 0.3) is 10.1 Å². The van der Waals surface area contributed by atoms with Gasteiger partial charge in [0, 0.05) is 3.57 Å². The van der Waals surface area contributed by atoms with Crippen LogP contribution in [0.1, 0.15) is 5.56 Å². The van der Waals surface area contributed by atoms with Crippen molar-refractivity contribution in [3.8, 4) is 0 Å². The average molecular weight is 309 g/mol. The molecule has 0 bridgehead atoms. The van der Waals surface area contributed by atoms with Gasteiger partial charge in [0.15, 0.2) is 0 Å². The minimum absolute atomic E-state index is 0.895. The second kappa shape index (κ2) is 3.16. The Hall–Kier alpha value is 0.200. The first kappa shape index (κ1) is 8.78. The standard InChI is InChI=1S/C9H6ClIS/c1-5-4-7(11)8(10)9-6(5)2-3-12-9/h2-4H,1H3. The van der Waals surface area contributed by atoms with E-state index in [9.17, 15) is 0 Å². The summed E-state index contributed by atoms with van der Waals surface area (Å²) < 4.78 is 2.35. The van der Waals surface area contributed by atoms with Crippen LogP contribution in [0.4, 0.5) is 0 Å². The average Bonchev–Trinajstić information content (AvgIpc) is 2.48. The quantitative estimate of drug-likeness (QED) is 0.630. The molecular weight excluding hydrogens is 303 g/mol. The van der Waals surface area contributed by atoms with Gasteiger partial charge in [-0.2, -0.15) is 0 Å². The van der Waals surface area contributed by atoms with Crippen molar-refractivity contribution in [2.24, 2.45) is 0 Å². The Morgan fingerprint density at radius 3 is 3.00 bits per heavy atom. The number of thiophene rings is 1. The summed E-state index contributed by atoms with van der Waals surface area (Å²) in [6, 6.07) is 4.25. The van der Waals surface area contributed by atoms with E-state index in [1.807, 2.05) is 0 Å². The third-order valence-electron chi connectivity index (χ3n) is 1.84. The van der Waals surface area contributed by atoms with Crippen molar-refractivity contribution in [3.63, 3.8) is 0 Å². The molecule has 0 aliphatic heterocycles. The molecule has 0 N–H and O–H groups in total. The highest BCUT2D eigenvalue weighted by atomic mass is 127. The molecule has 1 aromatic carbocycles. The summed E-state index contributed by atoms with van der Waals surface area (Å²) in [4.78, 5) is 0. The van der Waals surface area contributed by atoms with Gasteiger partial charge in [0.2, 0.25) is 0 Å². The van der Waals surface area contributed by atoms with E-state index in [0.29, 0.717) is 0 Å². The smallest absolute Gasteiger partial charge is 0.0717 e. The lowest BCUT2D eigenvalue weighted by Gasteiger charge is -2.00. The zero-order chi connectivity index (χ0) is 8.72. The molecule has 3 heteroatoms. The predicted molar refractivity (Wildman–Crippen MR) is 64.3 cm³/mol. The van der Waals surface area contributed by atoms with Crippen LogP contribution in [0.2, 0.25) is 5.02 Å². The minimum atomic E-state index is 0.895. The van der Waals surface area contributed by atoms with Crippen molar-refractivity contribution in [1.29, 1.82) is 0 Å². The fourth-order valence-electron chi connectivity index (χ4n) is 1.23. The molecule has 0 saturated carbocycles. The van der Waals surface area contributed by atoms with Crippen LogP contribution in [-0.2, 0) is 0 Å². The van der Waals surface area contributed by atoms with Gasteiger partial charge in [-0.25, -0.2) is 0 Å². The minimum Gasteiger partial charge on any atom is -0.142 e. The fourth-order valence-corrected chi connectivity index (χ4v) is 3.35. The predicted octanol–water partition coefficient (Wildman–Crippen LogP) is 4.47. The summed E-state index contributed by atoms with van der Waals surface area (Å²) in [5.74, 6) is 0. The first-order valence-corrected chi connectivity index (χ1v) is 5.85. The molecule has 2 aromatic rings. The molecule has 2 rings (SSSR count). The summed E-state index contributed by atoms with van der Waals surface area (Å²) in [7, 11) is 0. The number of hydrogen-bond acceptors (Lipinski definition) is 1. The van der Waals surface area contributed by atoms with E-state index in [1.54, 1.807) is 11.3 Å². The lowest BCUT2D eigenvalue weighted by atomic mass is 10.2. The topological polar surface area (TPSA) is 0 Å². The van der Waals surface area contributed by atoms with Crippen molar-refractivity contribution >= 4 is 55.6 Å². The number of benzene rings is 1. The largest absolute Gasteiger partial charge is 0.142 e. The van der Waals surface area contributed by atoms with Crippen molar-refractivity contribution in [1.82, 2.24) is 0 Å². The van der Waals surface area contributed by atoms with Crippen LogP contribution in [0, 0.1) is 10.5 Å². The van der Waals surface area contributed by atoms with Crippen molar-refractivity contribution in [2.45, 2.75) is 6.92 Å². The first-order valence-electron chi connectivity index (χ1n) is 3.52. The molecule has 0 atom stereocenters. The maximum atomic E-state index is 6.14. The Bertz CT molecular complexity index is 433. The molecule has 12 heavy (non-hydrogen) atoms. The SMILES string of the molecule is Cc1cc(I)c(Cl)c2sccc12. The number of rotatable bonds is 0. The summed E-state index contributed by atoms with van der Waals surface area (Å²) in [5.41, 5.74) is 1.31. The molecule has 0 unspecified atom stereocenters. The van der Waals surface area contributed by atoms with Gasteiger partial charge >= 0.3 is 0 Å². The van der Waals surface area contributed by atoms with E-state index in [0.717, 1.165) is 8.59 Å². The van der Waals surface area contributed by atoms with Crippen LogP contribution < -0.4 is 0 Å². The highest BCUT2D eigenvalue weighted by Crippen LogP contribution is 2.34. The molecular formula is C9H6ClIS. The lowest BCUT2D eigenvalue weighted by Crippen LogP contribution is -1.78. The highest BCUT2D eigenvalue weighted by molar-refractivity contribution is 14.1. The Morgan fingerprint density at radius 2 is 2.25 bits per heavy atom. The van der Waals surface area contributed by atoms with E-state index >= 15 is 0 Å². The van der Waals surface area contributed by atoms with Gasteiger partial charge in [0.05, 0.1) is 9.72 Å². The van der Waals surface area contributed by atoms with Gasteiger partial charge in [0.25, 0.3) is 0 Å². The summed E-state index contributed by atoms with van der Waals surface area (Å²) in [6.07, 6.45) is 0. The molecule has 0 fully saturated rings. The van der Waals surface area contributed by atoms with Crippen LogP contribution in [0.15, 0.2) is 17.5 Å². The summed E-state index contributed by atoms with van der Waals surface area (Å²) in [5, 5.41) is 4.26. The zero-order valence-electron chi connectivity index (χ0n) is 6.40. The molecule has 0 aliphatic rings. The maximum Gasteiger partial charge on any atom is 0.0717 e. The Kier molecular flexibility index (Phi) is 2.31. The highest BCUT2D eigenvalue weighted by Gasteiger charge is 2.06. The van der Waals surface area contributed by atoms with Gasteiger partial charge in [0.1, 0.15) is 0 Å². The van der Waals surface area contributed by atoms with E-state index in [-0.39, 0.29) is 0 Å². The Morgan fingerprint density at radius 1 is 1.50 bits per heavy atom. The van der Waals surface area contributed by atoms with Crippen LogP contribution in [0.5, 0.6) is 0 Å². The molecule has 0 nitrogen and oxygen atoms in total. The molecule has 1 aromatic heterocycles. The Labute approximate surface area is 93.7 Å². The second-order valence-corrected chi connectivity index (χ2v) is 5.11. The summed E-state index contributed by atoms with van der Waals surface area (Å²) in [6.45, 7) is 2.12. The number of hydrogen-bond donors (Lipinski definition) is 0. The third-order valence-corrected chi connectivity index (χ3v) is 4.45. The molecule has 0 radical (unpaired) electrons. The Balaban J connectivity index is 2.97. The number of fused-ring (bicyclic) bond motifs is 1.